The van der Waals surface area contributed by atoms with E-state index in [0.717, 1.165) is 22.6 Å². The first-order valence-corrected chi connectivity index (χ1v) is 30.9. The van der Waals surface area contributed by atoms with Crippen molar-refractivity contribution in [2.45, 2.75) is 186 Å². The molecule has 3 aliphatic heterocycles. The van der Waals surface area contributed by atoms with Gasteiger partial charge in [0.25, 0.3) is 23.1 Å². The van der Waals surface area contributed by atoms with Crippen molar-refractivity contribution in [1.82, 2.24) is 4.90 Å². The second kappa shape index (κ2) is 33.7. The number of methoxy groups -OCH3 is 4. The molecule has 90 heavy (non-hydrogen) atoms. The van der Waals surface area contributed by atoms with Gasteiger partial charge in [-0.05, 0) is 131 Å². The van der Waals surface area contributed by atoms with Crippen molar-refractivity contribution in [1.29, 1.82) is 0 Å². The highest BCUT2D eigenvalue weighted by atomic mass is 16.7. The number of carbonyl (C=O) groups is 6. The molecule has 0 unspecified atom stereocenters. The van der Waals surface area contributed by atoms with Gasteiger partial charge in [-0.2, -0.15) is 0 Å². The summed E-state index contributed by atoms with van der Waals surface area (Å²) in [5.41, 5.74) is 0.927. The predicted octanol–water partition coefficient (Wildman–Crippen LogP) is 10.9. The molecule has 0 aromatic heterocycles. The predicted molar refractivity (Wildman–Crippen MR) is 327 cm³/mol. The lowest BCUT2D eigenvalue weighted by Crippen LogP contribution is -2.61. The normalized spacial score (nSPS) is 32.9. The van der Waals surface area contributed by atoms with E-state index < -0.39 is 124 Å². The number of nitro groups is 2. The number of rotatable bonds is 13. The number of Topliss-reactive ketones (excluding diaryl/α,β-unsaturated/α-hetero) is 2. The molecule has 1 aliphatic carbocycles. The van der Waals surface area contributed by atoms with E-state index in [2.05, 4.69) is 0 Å². The lowest BCUT2D eigenvalue weighted by molar-refractivity contribution is -0.385. The summed E-state index contributed by atoms with van der Waals surface area (Å²) in [7, 11) is 5.90. The fraction of sp³-hybridized carbons (Fsp3) is 0.606. The van der Waals surface area contributed by atoms with E-state index in [9.17, 15) is 49.3 Å². The smallest absolute Gasteiger partial charge is 0.460 e. The summed E-state index contributed by atoms with van der Waals surface area (Å²) in [4.78, 5) is 108. The van der Waals surface area contributed by atoms with Gasteiger partial charge in [-0.25, -0.2) is 14.4 Å². The highest BCUT2D eigenvalue weighted by Crippen LogP contribution is 2.39. The molecule has 0 radical (unpaired) electrons. The lowest BCUT2D eigenvalue weighted by Gasteiger charge is -2.43. The fourth-order valence-corrected chi connectivity index (χ4v) is 12.6. The molecule has 1 N–H and O–H groups in total. The number of amides is 1. The molecule has 1 amide bonds. The average molecular weight is 1260 g/mol. The average Bonchev–Trinajstić information content (AvgIpc) is 0.935. The molecule has 4 aliphatic rings. The van der Waals surface area contributed by atoms with Gasteiger partial charge in [-0.15, -0.1) is 0 Å². The third kappa shape index (κ3) is 19.4. The number of carbonyl (C=O) groups excluding carboxylic acids is 6. The monoisotopic (exact) mass is 1260 g/mol. The molecule has 24 heteroatoms. The highest BCUT2D eigenvalue weighted by molar-refractivity contribution is 6.39. The van der Waals surface area contributed by atoms with E-state index in [0.29, 0.717) is 63.4 Å². The van der Waals surface area contributed by atoms with Crippen molar-refractivity contribution < 1.29 is 91.1 Å². The number of non-ortho nitro benzene ring substituents is 2. The van der Waals surface area contributed by atoms with E-state index in [1.165, 1.54) is 57.7 Å². The Morgan fingerprint density at radius 2 is 1.31 bits per heavy atom. The quantitative estimate of drug-likeness (QED) is 0.0370. The molecule has 2 aromatic carbocycles. The Morgan fingerprint density at radius 3 is 1.89 bits per heavy atom. The van der Waals surface area contributed by atoms with Crippen LogP contribution >= 0.6 is 0 Å². The van der Waals surface area contributed by atoms with E-state index in [1.807, 2.05) is 58.1 Å². The molecule has 3 heterocycles. The molecule has 2 aromatic rings. The van der Waals surface area contributed by atoms with Gasteiger partial charge in [0.2, 0.25) is 5.79 Å². The molecule has 6 rings (SSSR count). The van der Waals surface area contributed by atoms with Crippen LogP contribution in [0, 0.1) is 55.7 Å². The number of nitro benzene ring substituents is 2. The first kappa shape index (κ1) is 71.9. The maximum atomic E-state index is 15.1. The van der Waals surface area contributed by atoms with Gasteiger partial charge in [0, 0.05) is 89.8 Å². The highest BCUT2D eigenvalue weighted by Gasteiger charge is 2.53. The van der Waals surface area contributed by atoms with Crippen LogP contribution in [-0.4, -0.2) is 151 Å². The van der Waals surface area contributed by atoms with Crippen LogP contribution in [0.3, 0.4) is 0 Å². The summed E-state index contributed by atoms with van der Waals surface area (Å²) < 4.78 is 59.3. The van der Waals surface area contributed by atoms with Gasteiger partial charge in [-0.3, -0.25) is 34.6 Å². The molecule has 2 saturated heterocycles. The van der Waals surface area contributed by atoms with Crippen LogP contribution in [0.5, 0.6) is 11.5 Å². The Balaban J connectivity index is 1.38. The van der Waals surface area contributed by atoms with Crippen LogP contribution in [0.1, 0.15) is 126 Å². The Hall–Kier alpha value is -7.22. The van der Waals surface area contributed by atoms with Gasteiger partial charge in [0.1, 0.15) is 48.1 Å². The number of ether oxygens (including phenoxy) is 10. The SMILES string of the molecule is CO[C@H]1C[C@@H]2CC[C@@H](C)[C@@](O)(O2)C(=O)C(=O)N2CCCC[C@H]2C(=O)O[C@H]([C@H](C)C[C@@H]2CC[C@@H](OC(=O)Oc3ccc([N+](=O)[O-])cc3)[C@H](OC)C2)C[C@@H](OC(=O)Oc2ccc([N+](=O)[O-])cc2)[C@H](C)/C=C(\C)[C@@H](OC)[C@@H](OC)C(=O)[C@H](C)C[C@H](C)/C=C/C=C/C=C/1C. The number of ketones is 2. The van der Waals surface area contributed by atoms with Crippen molar-refractivity contribution in [2.24, 2.45) is 35.5 Å². The van der Waals surface area contributed by atoms with Gasteiger partial charge < -0.3 is 57.4 Å². The molecule has 494 valence electrons. The number of hydrogen-bond acceptors (Lipinski definition) is 21. The number of benzene rings is 2. The topological polar surface area (TPSA) is 304 Å². The van der Waals surface area contributed by atoms with Crippen LogP contribution in [-0.2, 0) is 57.1 Å². The number of fused-ring (bicyclic) bond motifs is 3. The molecule has 24 nitrogen and oxygen atoms in total. The zero-order valence-corrected chi connectivity index (χ0v) is 53.4. The van der Waals surface area contributed by atoms with Crippen molar-refractivity contribution in [3.05, 3.63) is 116 Å². The first-order chi connectivity index (χ1) is 42.8. The van der Waals surface area contributed by atoms with Gasteiger partial charge in [0.15, 0.2) is 5.78 Å². The van der Waals surface area contributed by atoms with Gasteiger partial charge in [-0.1, -0.05) is 71.1 Å². The standard InChI is InChI=1S/C66H89N3O21/c1-39-17-13-12-14-18-40(2)54(81-8)37-51-26-20-45(7)66(76,90-51)61(71)62(72)67-32-16-15-19-52(67)63(73)87-55(42(4)35-46-21-31-53(57(36-46)82-9)88-64(74)85-49-27-22-47(23-28-49)68(77)78)38-56(89-65(75)86-50-29-24-48(25-30-50)69(79)80)41(3)34-44(6)59(83-10)60(84-11)58(70)43(5)33-39/h12-14,17-18,22-25,27-30,34,39,41-43,45-46,51-57,59-60,76H,15-16,19-21,26,31-33,35-38H2,1-11H3/b14-12+,17-13+,40-18+,44-34+/t39-,41-,42-,43-,45-,46+,51+,52+,53-,54+,55+,56-,57-,59-,60+,66-/m1/s1. The van der Waals surface area contributed by atoms with Crippen LogP contribution in [0.2, 0.25) is 0 Å². The molecular weight excluding hydrogens is 1170 g/mol. The third-order valence-corrected chi connectivity index (χ3v) is 17.8. The van der Waals surface area contributed by atoms with Crippen LogP contribution in [0.25, 0.3) is 0 Å². The van der Waals surface area contributed by atoms with Gasteiger partial charge in [0.05, 0.1) is 28.2 Å². The molecule has 3 fully saturated rings. The van der Waals surface area contributed by atoms with Crippen LogP contribution < -0.4 is 9.47 Å². The second-order valence-electron chi connectivity index (χ2n) is 24.4. The summed E-state index contributed by atoms with van der Waals surface area (Å²) in [6, 6.07) is 8.41. The van der Waals surface area contributed by atoms with Gasteiger partial charge >= 0.3 is 18.3 Å². The largest absolute Gasteiger partial charge is 0.514 e. The molecular formula is C66H89N3O21. The maximum absolute atomic E-state index is 15.1. The third-order valence-electron chi connectivity index (χ3n) is 17.8. The first-order valence-electron chi connectivity index (χ1n) is 30.9. The molecule has 2 bridgehead atoms. The fourth-order valence-electron chi connectivity index (χ4n) is 12.6. The summed E-state index contributed by atoms with van der Waals surface area (Å²) in [5.74, 6) is -8.77. The number of piperidine rings is 1. The van der Waals surface area contributed by atoms with Crippen LogP contribution in [0.15, 0.2) is 96.1 Å². The molecule has 16 atom stereocenters. The zero-order chi connectivity index (χ0) is 66.0. The zero-order valence-electron chi connectivity index (χ0n) is 53.4. The second-order valence-corrected chi connectivity index (χ2v) is 24.4. The Kier molecular flexibility index (Phi) is 26.9. The minimum atomic E-state index is -2.54. The number of cyclic esters (lactones) is 1. The van der Waals surface area contributed by atoms with Crippen LogP contribution in [0.4, 0.5) is 21.0 Å². The van der Waals surface area contributed by atoms with E-state index >= 15 is 4.79 Å². The van der Waals surface area contributed by atoms with E-state index in [4.69, 9.17) is 47.4 Å². The van der Waals surface area contributed by atoms with Crippen molar-refractivity contribution in [3.63, 3.8) is 0 Å². The number of esters is 1. The molecule has 1 saturated carbocycles. The van der Waals surface area contributed by atoms with E-state index in [-0.39, 0.29) is 66.3 Å². The maximum Gasteiger partial charge on any atom is 0.514 e. The van der Waals surface area contributed by atoms with Crippen molar-refractivity contribution in [2.75, 3.05) is 35.0 Å². The number of hydrogen-bond donors (Lipinski definition) is 1. The lowest BCUT2D eigenvalue weighted by atomic mass is 9.78. The summed E-state index contributed by atoms with van der Waals surface area (Å²) in [6.07, 6.45) is 6.03. The Morgan fingerprint density at radius 1 is 0.700 bits per heavy atom. The number of nitrogens with zero attached hydrogens (tertiary/aromatic N) is 3. The Bertz CT molecular complexity index is 2930. The minimum Gasteiger partial charge on any atom is -0.460 e. The Labute approximate surface area is 525 Å². The number of allylic oxidation sites excluding steroid dienone is 5. The minimum absolute atomic E-state index is 0.0211. The summed E-state index contributed by atoms with van der Waals surface area (Å²) in [6.45, 7) is 12.7. The molecule has 0 spiro atoms. The summed E-state index contributed by atoms with van der Waals surface area (Å²) >= 11 is 0. The van der Waals surface area contributed by atoms with E-state index in [1.54, 1.807) is 34.0 Å². The van der Waals surface area contributed by atoms with Crippen molar-refractivity contribution in [3.8, 4) is 11.5 Å². The number of aliphatic hydroxyl groups is 1. The summed E-state index contributed by atoms with van der Waals surface area (Å²) in [5, 5.41) is 34.9. The van der Waals surface area contributed by atoms with Crippen molar-refractivity contribution >= 4 is 47.1 Å².